The van der Waals surface area contributed by atoms with Crippen LogP contribution in [0.3, 0.4) is 0 Å². The number of nitrogens with zero attached hydrogens (tertiary/aromatic N) is 3. The Bertz CT molecular complexity index is 790. The lowest BCUT2D eigenvalue weighted by molar-refractivity contribution is 0.204. The number of ether oxygens (including phenoxy) is 1. The van der Waals surface area contributed by atoms with E-state index in [0.29, 0.717) is 28.7 Å². The fourth-order valence-corrected chi connectivity index (χ4v) is 2.58. The first-order chi connectivity index (χ1) is 11.2. The Morgan fingerprint density at radius 2 is 2.17 bits per heavy atom. The van der Waals surface area contributed by atoms with Crippen molar-refractivity contribution in [3.05, 3.63) is 77.1 Å². The number of pyridine rings is 1. The van der Waals surface area contributed by atoms with E-state index in [0.717, 1.165) is 5.56 Å². The summed E-state index contributed by atoms with van der Waals surface area (Å²) in [5.41, 5.74) is 1.65. The summed E-state index contributed by atoms with van der Waals surface area (Å²) in [6.07, 6.45) is 5.95. The van der Waals surface area contributed by atoms with E-state index in [4.69, 9.17) is 16.3 Å². The van der Waals surface area contributed by atoms with E-state index >= 15 is 0 Å². The zero-order chi connectivity index (χ0) is 16.2. The maximum Gasteiger partial charge on any atom is 0.142 e. The molecule has 0 aliphatic carbocycles. The molecular formula is C17H16ClN3O2. The molecule has 23 heavy (non-hydrogen) atoms. The second-order valence-corrected chi connectivity index (χ2v) is 5.49. The van der Waals surface area contributed by atoms with Gasteiger partial charge in [-0.2, -0.15) is 0 Å². The lowest BCUT2D eigenvalue weighted by atomic mass is 10.1. The molecule has 0 aliphatic heterocycles. The Morgan fingerprint density at radius 3 is 2.91 bits per heavy atom. The maximum atomic E-state index is 10.5. The molecule has 2 aromatic heterocycles. The van der Waals surface area contributed by atoms with Crippen molar-refractivity contribution in [2.45, 2.75) is 12.6 Å². The van der Waals surface area contributed by atoms with Crippen LogP contribution < -0.4 is 4.74 Å². The first kappa shape index (κ1) is 15.5. The molecule has 118 valence electrons. The molecule has 3 aromatic rings. The lowest BCUT2D eigenvalue weighted by Gasteiger charge is -2.15. The first-order valence-corrected chi connectivity index (χ1v) is 7.48. The molecule has 1 unspecified atom stereocenters. The van der Waals surface area contributed by atoms with Crippen molar-refractivity contribution in [2.24, 2.45) is 0 Å². The van der Waals surface area contributed by atoms with Crippen molar-refractivity contribution in [3.8, 4) is 5.75 Å². The normalized spacial score (nSPS) is 12.1. The predicted octanol–water partition coefficient (Wildman–Crippen LogP) is 3.07. The van der Waals surface area contributed by atoms with E-state index in [1.54, 1.807) is 37.8 Å². The van der Waals surface area contributed by atoms with Gasteiger partial charge < -0.3 is 14.4 Å². The minimum absolute atomic E-state index is 0.521. The highest BCUT2D eigenvalue weighted by atomic mass is 35.5. The highest BCUT2D eigenvalue weighted by molar-refractivity contribution is 6.30. The van der Waals surface area contributed by atoms with E-state index in [-0.39, 0.29) is 0 Å². The van der Waals surface area contributed by atoms with Crippen molar-refractivity contribution in [1.82, 2.24) is 14.5 Å². The summed E-state index contributed by atoms with van der Waals surface area (Å²) in [6, 6.07) is 9.09. The van der Waals surface area contributed by atoms with Crippen molar-refractivity contribution in [2.75, 3.05) is 7.11 Å². The third-order valence-corrected chi connectivity index (χ3v) is 3.82. The van der Waals surface area contributed by atoms with Crippen molar-refractivity contribution >= 4 is 11.6 Å². The van der Waals surface area contributed by atoms with Crippen molar-refractivity contribution < 1.29 is 9.84 Å². The van der Waals surface area contributed by atoms with Crippen LogP contribution in [-0.2, 0) is 6.54 Å². The Balaban J connectivity index is 1.90. The summed E-state index contributed by atoms with van der Waals surface area (Å²) in [5.74, 6) is 1.25. The largest absolute Gasteiger partial charge is 0.496 e. The quantitative estimate of drug-likeness (QED) is 0.781. The van der Waals surface area contributed by atoms with Crippen LogP contribution >= 0.6 is 11.6 Å². The summed E-state index contributed by atoms with van der Waals surface area (Å²) in [5, 5.41) is 11.2. The molecule has 1 atom stereocenters. The summed E-state index contributed by atoms with van der Waals surface area (Å²) in [4.78, 5) is 8.31. The topological polar surface area (TPSA) is 60.2 Å². The molecule has 0 fully saturated rings. The molecule has 0 saturated carbocycles. The van der Waals surface area contributed by atoms with Crippen LogP contribution in [0.25, 0.3) is 0 Å². The minimum atomic E-state index is -0.836. The standard InChI is InChI=1S/C17H16ClN3O2/c1-23-15-9-14(18)5-4-13(15)11-21-8-7-20-17(21)16(22)12-3-2-6-19-10-12/h2-10,16,22H,11H2,1H3. The van der Waals surface area contributed by atoms with Crippen LogP contribution in [0.2, 0.25) is 5.02 Å². The van der Waals surface area contributed by atoms with Gasteiger partial charge in [0.15, 0.2) is 0 Å². The van der Waals surface area contributed by atoms with Gasteiger partial charge in [-0.25, -0.2) is 4.98 Å². The fraction of sp³-hybridized carbons (Fsp3) is 0.176. The molecule has 0 aliphatic rings. The van der Waals surface area contributed by atoms with Gasteiger partial charge in [-0.3, -0.25) is 4.98 Å². The Hall–Kier alpha value is -2.37. The molecule has 3 rings (SSSR count). The SMILES string of the molecule is COc1cc(Cl)ccc1Cn1ccnc1C(O)c1cccnc1. The number of imidazole rings is 1. The summed E-state index contributed by atoms with van der Waals surface area (Å²) in [7, 11) is 1.61. The van der Waals surface area contributed by atoms with Gasteiger partial charge >= 0.3 is 0 Å². The highest BCUT2D eigenvalue weighted by Gasteiger charge is 2.17. The number of hydrogen-bond acceptors (Lipinski definition) is 4. The minimum Gasteiger partial charge on any atom is -0.496 e. The monoisotopic (exact) mass is 329 g/mol. The molecule has 5 nitrogen and oxygen atoms in total. The summed E-state index contributed by atoms with van der Waals surface area (Å²) < 4.78 is 7.25. The van der Waals surface area contributed by atoms with Crippen LogP contribution in [-0.4, -0.2) is 26.8 Å². The second-order valence-electron chi connectivity index (χ2n) is 5.06. The lowest BCUT2D eigenvalue weighted by Crippen LogP contribution is -2.11. The van der Waals surface area contributed by atoms with Gasteiger partial charge in [-0.05, 0) is 18.2 Å². The van der Waals surface area contributed by atoms with Crippen LogP contribution in [0.5, 0.6) is 5.75 Å². The maximum absolute atomic E-state index is 10.5. The Labute approximate surface area is 139 Å². The van der Waals surface area contributed by atoms with Crippen LogP contribution in [0, 0.1) is 0 Å². The Morgan fingerprint density at radius 1 is 1.30 bits per heavy atom. The van der Waals surface area contributed by atoms with Crippen LogP contribution in [0.15, 0.2) is 55.1 Å². The molecular weight excluding hydrogens is 314 g/mol. The fourth-order valence-electron chi connectivity index (χ4n) is 2.42. The molecule has 0 bridgehead atoms. The van der Waals surface area contributed by atoms with E-state index in [1.165, 1.54) is 0 Å². The number of aromatic nitrogens is 3. The number of aliphatic hydroxyl groups is 1. The van der Waals surface area contributed by atoms with Gasteiger partial charge in [0.2, 0.25) is 0 Å². The van der Waals surface area contributed by atoms with Gasteiger partial charge in [-0.1, -0.05) is 23.7 Å². The van der Waals surface area contributed by atoms with Gasteiger partial charge in [0.1, 0.15) is 17.7 Å². The summed E-state index contributed by atoms with van der Waals surface area (Å²) >= 11 is 5.99. The van der Waals surface area contributed by atoms with E-state index in [2.05, 4.69) is 9.97 Å². The van der Waals surface area contributed by atoms with Gasteiger partial charge in [-0.15, -0.1) is 0 Å². The second kappa shape index (κ2) is 6.81. The molecule has 0 spiro atoms. The zero-order valence-electron chi connectivity index (χ0n) is 12.6. The summed E-state index contributed by atoms with van der Waals surface area (Å²) in [6.45, 7) is 0.521. The molecule has 0 radical (unpaired) electrons. The molecule has 1 N–H and O–H groups in total. The molecule has 0 amide bonds. The zero-order valence-corrected chi connectivity index (χ0v) is 13.3. The van der Waals surface area contributed by atoms with Gasteiger partial charge in [0, 0.05) is 40.9 Å². The number of hydrogen-bond donors (Lipinski definition) is 1. The van der Waals surface area contributed by atoms with Crippen LogP contribution in [0.1, 0.15) is 23.1 Å². The first-order valence-electron chi connectivity index (χ1n) is 7.10. The Kier molecular flexibility index (Phi) is 4.60. The molecule has 1 aromatic carbocycles. The molecule has 6 heteroatoms. The number of benzene rings is 1. The number of aliphatic hydroxyl groups excluding tert-OH is 1. The van der Waals surface area contributed by atoms with Gasteiger partial charge in [0.05, 0.1) is 13.7 Å². The molecule has 2 heterocycles. The number of methoxy groups -OCH3 is 1. The smallest absolute Gasteiger partial charge is 0.142 e. The average molecular weight is 330 g/mol. The van der Waals surface area contributed by atoms with Crippen LogP contribution in [0.4, 0.5) is 0 Å². The molecule has 0 saturated heterocycles. The predicted molar refractivity (Wildman–Crippen MR) is 87.6 cm³/mol. The number of rotatable bonds is 5. The van der Waals surface area contributed by atoms with Crippen molar-refractivity contribution in [3.63, 3.8) is 0 Å². The highest BCUT2D eigenvalue weighted by Crippen LogP contribution is 2.26. The van der Waals surface area contributed by atoms with E-state index < -0.39 is 6.10 Å². The van der Waals surface area contributed by atoms with E-state index in [1.807, 2.05) is 29.0 Å². The third-order valence-electron chi connectivity index (χ3n) is 3.58. The van der Waals surface area contributed by atoms with Gasteiger partial charge in [0.25, 0.3) is 0 Å². The van der Waals surface area contributed by atoms with Crippen molar-refractivity contribution in [1.29, 1.82) is 0 Å². The average Bonchev–Trinajstić information content (AvgIpc) is 3.04. The van der Waals surface area contributed by atoms with E-state index in [9.17, 15) is 5.11 Å². The third kappa shape index (κ3) is 3.36. The number of halogens is 1.